The Morgan fingerprint density at radius 1 is 1.38 bits per heavy atom. The molecule has 0 N–H and O–H groups in total. The molecule has 0 saturated carbocycles. The van der Waals surface area contributed by atoms with Crippen LogP contribution in [0.4, 0.5) is 5.13 Å². The van der Waals surface area contributed by atoms with Gasteiger partial charge in [-0.2, -0.15) is 0 Å². The minimum absolute atomic E-state index is 0.211. The van der Waals surface area contributed by atoms with Crippen LogP contribution in [-0.2, 0) is 16.1 Å². The van der Waals surface area contributed by atoms with Crippen molar-refractivity contribution in [3.63, 3.8) is 0 Å². The van der Waals surface area contributed by atoms with Crippen LogP contribution in [0.15, 0.2) is 17.0 Å². The first kappa shape index (κ1) is 19.4. The molecule has 0 aromatic carbocycles. The average molecular weight is 378 g/mol. The fourth-order valence-corrected chi connectivity index (χ4v) is 4.59. The monoisotopic (exact) mass is 377 g/mol. The summed E-state index contributed by atoms with van der Waals surface area (Å²) in [6, 6.07) is 0. The Balaban J connectivity index is 1.60. The summed E-state index contributed by atoms with van der Waals surface area (Å²) >= 11 is 1.68. The summed E-state index contributed by atoms with van der Waals surface area (Å²) in [6.07, 6.45) is 6.19. The van der Waals surface area contributed by atoms with Crippen molar-refractivity contribution < 1.29 is 9.53 Å². The molecule has 2 aliphatic rings. The molecule has 6 heteroatoms. The molecule has 1 atom stereocenters. The van der Waals surface area contributed by atoms with Crippen molar-refractivity contribution in [2.75, 3.05) is 37.7 Å². The molecular formula is C20H31N3O2S. The van der Waals surface area contributed by atoms with Gasteiger partial charge in [0.2, 0.25) is 5.91 Å². The third-order valence-electron chi connectivity index (χ3n) is 5.34. The second-order valence-electron chi connectivity index (χ2n) is 8.10. The number of carbonyl (C=O) groups is 1. The maximum Gasteiger partial charge on any atom is 0.222 e. The number of hydrogen-bond donors (Lipinski definition) is 0. The highest BCUT2D eigenvalue weighted by atomic mass is 32.1. The van der Waals surface area contributed by atoms with Gasteiger partial charge in [0.05, 0.1) is 25.5 Å². The Hall–Kier alpha value is -1.40. The number of carbonyl (C=O) groups excluding carboxylic acids is 1. The molecule has 0 radical (unpaired) electrons. The molecule has 1 aromatic heterocycles. The number of amides is 1. The van der Waals surface area contributed by atoms with Crippen LogP contribution >= 0.6 is 11.3 Å². The van der Waals surface area contributed by atoms with E-state index in [4.69, 9.17) is 9.72 Å². The maximum atomic E-state index is 12.4. The summed E-state index contributed by atoms with van der Waals surface area (Å²) in [5.74, 6) is 0.269. The van der Waals surface area contributed by atoms with Gasteiger partial charge in [-0.05, 0) is 38.5 Å². The number of aromatic nitrogens is 1. The maximum absolute atomic E-state index is 12.4. The number of nitrogens with zero attached hydrogens (tertiary/aromatic N) is 3. The summed E-state index contributed by atoms with van der Waals surface area (Å²) in [4.78, 5) is 21.5. The molecule has 3 heterocycles. The molecule has 1 aromatic rings. The van der Waals surface area contributed by atoms with E-state index in [0.717, 1.165) is 62.9 Å². The Bertz CT molecular complexity index is 647. The minimum Gasteiger partial charge on any atom is -0.378 e. The second-order valence-corrected chi connectivity index (χ2v) is 8.94. The number of ether oxygens (including phenoxy) is 1. The van der Waals surface area contributed by atoms with Crippen molar-refractivity contribution in [1.29, 1.82) is 0 Å². The topological polar surface area (TPSA) is 45.7 Å². The van der Waals surface area contributed by atoms with Gasteiger partial charge in [0.25, 0.3) is 0 Å². The van der Waals surface area contributed by atoms with Crippen LogP contribution in [0.2, 0.25) is 0 Å². The predicted octanol–water partition coefficient (Wildman–Crippen LogP) is 3.85. The standard InChI is InChI=1S/C20H31N3O2S/c1-16(2)5-4-7-20(3)8-6-18(24)23(15-20)13-17-14-26-19(21-17)22-9-11-25-12-10-22/h5,14H,4,6-13,15H2,1-3H3/t20-/m0/s1. The average Bonchev–Trinajstić information content (AvgIpc) is 3.07. The molecule has 2 saturated heterocycles. The summed E-state index contributed by atoms with van der Waals surface area (Å²) in [7, 11) is 0. The second kappa shape index (κ2) is 8.53. The van der Waals surface area contributed by atoms with Crippen LogP contribution < -0.4 is 4.90 Å². The number of piperidine rings is 1. The van der Waals surface area contributed by atoms with Gasteiger partial charge in [-0.1, -0.05) is 18.6 Å². The van der Waals surface area contributed by atoms with Crippen LogP contribution in [0.3, 0.4) is 0 Å². The molecule has 0 aliphatic carbocycles. The fraction of sp³-hybridized carbons (Fsp3) is 0.700. The van der Waals surface area contributed by atoms with Gasteiger partial charge >= 0.3 is 0 Å². The van der Waals surface area contributed by atoms with E-state index in [0.29, 0.717) is 13.0 Å². The Morgan fingerprint density at radius 3 is 2.88 bits per heavy atom. The van der Waals surface area contributed by atoms with Gasteiger partial charge < -0.3 is 14.5 Å². The Morgan fingerprint density at radius 2 is 2.15 bits per heavy atom. The van der Waals surface area contributed by atoms with E-state index in [9.17, 15) is 4.79 Å². The third-order valence-corrected chi connectivity index (χ3v) is 6.29. The quantitative estimate of drug-likeness (QED) is 0.706. The van der Waals surface area contributed by atoms with Crippen LogP contribution in [0.5, 0.6) is 0 Å². The Kier molecular flexibility index (Phi) is 6.35. The molecule has 0 spiro atoms. The van der Waals surface area contributed by atoms with Gasteiger partial charge in [0.1, 0.15) is 0 Å². The van der Waals surface area contributed by atoms with E-state index in [2.05, 4.69) is 37.1 Å². The lowest BCUT2D eigenvalue weighted by atomic mass is 9.77. The predicted molar refractivity (Wildman–Crippen MR) is 107 cm³/mol. The molecule has 2 fully saturated rings. The van der Waals surface area contributed by atoms with Gasteiger partial charge in [0, 0.05) is 31.4 Å². The highest BCUT2D eigenvalue weighted by Gasteiger charge is 2.34. The van der Waals surface area contributed by atoms with Gasteiger partial charge in [-0.3, -0.25) is 4.79 Å². The summed E-state index contributed by atoms with van der Waals surface area (Å²) in [6.45, 7) is 11.4. The zero-order valence-corrected chi connectivity index (χ0v) is 17.1. The highest BCUT2D eigenvalue weighted by molar-refractivity contribution is 7.13. The molecular weight excluding hydrogens is 346 g/mol. The number of thiazole rings is 1. The van der Waals surface area contributed by atoms with E-state index in [-0.39, 0.29) is 11.3 Å². The van der Waals surface area contributed by atoms with Crippen molar-refractivity contribution in [1.82, 2.24) is 9.88 Å². The van der Waals surface area contributed by atoms with Gasteiger partial charge in [0.15, 0.2) is 5.13 Å². The lowest BCUT2D eigenvalue weighted by Gasteiger charge is -2.40. The molecule has 0 unspecified atom stereocenters. The zero-order chi connectivity index (χ0) is 18.6. The molecule has 144 valence electrons. The Labute approximate surface area is 161 Å². The largest absolute Gasteiger partial charge is 0.378 e. The molecule has 5 nitrogen and oxygen atoms in total. The molecule has 2 aliphatic heterocycles. The first-order valence-electron chi connectivity index (χ1n) is 9.63. The van der Waals surface area contributed by atoms with Crippen LogP contribution in [0.25, 0.3) is 0 Å². The normalized spacial score (nSPS) is 24.0. The van der Waals surface area contributed by atoms with E-state index < -0.39 is 0 Å². The van der Waals surface area contributed by atoms with Crippen molar-refractivity contribution in [3.05, 3.63) is 22.7 Å². The molecule has 0 bridgehead atoms. The molecule has 1 amide bonds. The fourth-order valence-electron chi connectivity index (χ4n) is 3.72. The van der Waals surface area contributed by atoms with Crippen molar-refractivity contribution in [2.45, 2.75) is 53.0 Å². The van der Waals surface area contributed by atoms with E-state index in [1.807, 2.05) is 4.90 Å². The lowest BCUT2D eigenvalue weighted by Crippen LogP contribution is -2.44. The van der Waals surface area contributed by atoms with Crippen molar-refractivity contribution >= 4 is 22.4 Å². The highest BCUT2D eigenvalue weighted by Crippen LogP contribution is 2.35. The van der Waals surface area contributed by atoms with Crippen molar-refractivity contribution in [2.24, 2.45) is 5.41 Å². The lowest BCUT2D eigenvalue weighted by molar-refractivity contribution is -0.138. The van der Waals surface area contributed by atoms with Crippen LogP contribution in [0, 0.1) is 5.41 Å². The summed E-state index contributed by atoms with van der Waals surface area (Å²) in [5.41, 5.74) is 2.59. The van der Waals surface area contributed by atoms with Crippen molar-refractivity contribution in [3.8, 4) is 0 Å². The summed E-state index contributed by atoms with van der Waals surface area (Å²) < 4.78 is 5.41. The summed E-state index contributed by atoms with van der Waals surface area (Å²) in [5, 5.41) is 3.16. The number of morpholine rings is 1. The van der Waals surface area contributed by atoms with Crippen LogP contribution in [-0.4, -0.2) is 48.6 Å². The van der Waals surface area contributed by atoms with Gasteiger partial charge in [-0.15, -0.1) is 11.3 Å². The SMILES string of the molecule is CC(C)=CCC[C@@]1(C)CCC(=O)N(Cc2csc(N3CCOCC3)n2)C1. The number of anilines is 1. The smallest absolute Gasteiger partial charge is 0.222 e. The number of hydrogen-bond acceptors (Lipinski definition) is 5. The number of allylic oxidation sites excluding steroid dienone is 2. The zero-order valence-electron chi connectivity index (χ0n) is 16.3. The minimum atomic E-state index is 0.211. The van der Waals surface area contributed by atoms with E-state index in [1.165, 1.54) is 5.57 Å². The first-order chi connectivity index (χ1) is 12.5. The van der Waals surface area contributed by atoms with Crippen LogP contribution in [0.1, 0.15) is 52.1 Å². The van der Waals surface area contributed by atoms with E-state index >= 15 is 0 Å². The molecule has 3 rings (SSSR count). The third kappa shape index (κ3) is 5.07. The van der Waals surface area contributed by atoms with Gasteiger partial charge in [-0.25, -0.2) is 4.98 Å². The molecule has 26 heavy (non-hydrogen) atoms. The first-order valence-corrected chi connectivity index (χ1v) is 10.5. The number of likely N-dealkylation sites (tertiary alicyclic amines) is 1. The van der Waals surface area contributed by atoms with E-state index in [1.54, 1.807) is 11.3 Å². The number of rotatable bonds is 6.